The summed E-state index contributed by atoms with van der Waals surface area (Å²) in [5.74, 6) is -0.760. The minimum absolute atomic E-state index is 0.222. The van der Waals surface area contributed by atoms with E-state index in [0.717, 1.165) is 17.7 Å². The summed E-state index contributed by atoms with van der Waals surface area (Å²) < 4.78 is 1.85. The fourth-order valence-corrected chi connectivity index (χ4v) is 4.20. The lowest BCUT2D eigenvalue weighted by atomic mass is 9.85. The van der Waals surface area contributed by atoms with E-state index in [9.17, 15) is 14.4 Å². The lowest BCUT2D eigenvalue weighted by Gasteiger charge is -2.17. The maximum absolute atomic E-state index is 12.4. The quantitative estimate of drug-likeness (QED) is 0.669. The van der Waals surface area contributed by atoms with Crippen molar-refractivity contribution < 1.29 is 14.4 Å². The molecule has 25 heavy (non-hydrogen) atoms. The largest absolute Gasteiger partial charge is 0.309 e. The first kappa shape index (κ1) is 16.1. The summed E-state index contributed by atoms with van der Waals surface area (Å²) in [6.45, 7) is -0.222. The SMILES string of the molecule is O=C(CN1C(=O)[C@H]2CC=CC[C@H]2C1=O)Nc1ccnn1C1CCCC1. The summed E-state index contributed by atoms with van der Waals surface area (Å²) in [6, 6.07) is 2.07. The van der Waals surface area contributed by atoms with Gasteiger partial charge in [0, 0.05) is 6.07 Å². The Labute approximate surface area is 146 Å². The molecule has 0 unspecified atom stereocenters. The predicted octanol–water partition coefficient (Wildman–Crippen LogP) is 1.89. The zero-order chi connectivity index (χ0) is 17.4. The van der Waals surface area contributed by atoms with Crippen molar-refractivity contribution in [2.75, 3.05) is 11.9 Å². The molecule has 132 valence electrons. The van der Waals surface area contributed by atoms with Crippen molar-refractivity contribution in [3.05, 3.63) is 24.4 Å². The monoisotopic (exact) mass is 342 g/mol. The zero-order valence-electron chi connectivity index (χ0n) is 14.1. The fraction of sp³-hybridized carbons (Fsp3) is 0.556. The average Bonchev–Trinajstić information content (AvgIpc) is 3.33. The fourth-order valence-electron chi connectivity index (χ4n) is 4.20. The number of rotatable bonds is 4. The smallest absolute Gasteiger partial charge is 0.245 e. The number of carbonyl (C=O) groups excluding carboxylic acids is 3. The summed E-state index contributed by atoms with van der Waals surface area (Å²) in [4.78, 5) is 38.4. The van der Waals surface area contributed by atoms with Crippen LogP contribution in [-0.4, -0.2) is 38.9 Å². The first-order chi connectivity index (χ1) is 12.1. The molecule has 0 spiro atoms. The minimum atomic E-state index is -0.354. The number of allylic oxidation sites excluding steroid dienone is 2. The van der Waals surface area contributed by atoms with E-state index in [-0.39, 0.29) is 36.1 Å². The Morgan fingerprint density at radius 3 is 2.40 bits per heavy atom. The normalized spacial score (nSPS) is 26.3. The molecule has 2 fully saturated rings. The van der Waals surface area contributed by atoms with Gasteiger partial charge >= 0.3 is 0 Å². The van der Waals surface area contributed by atoms with Crippen LogP contribution in [0.25, 0.3) is 0 Å². The number of amides is 3. The first-order valence-electron chi connectivity index (χ1n) is 8.98. The Hall–Kier alpha value is -2.44. The van der Waals surface area contributed by atoms with E-state index in [1.165, 1.54) is 12.8 Å². The van der Waals surface area contributed by atoms with Gasteiger partial charge in [-0.25, -0.2) is 4.68 Å². The number of hydrogen-bond acceptors (Lipinski definition) is 4. The number of aromatic nitrogens is 2. The molecule has 1 saturated carbocycles. The summed E-state index contributed by atoms with van der Waals surface area (Å²) in [6.07, 6.45) is 11.2. The number of fused-ring (bicyclic) bond motifs is 1. The highest BCUT2D eigenvalue weighted by Crippen LogP contribution is 2.35. The summed E-state index contributed by atoms with van der Waals surface area (Å²) in [7, 11) is 0. The van der Waals surface area contributed by atoms with Gasteiger partial charge in [-0.1, -0.05) is 25.0 Å². The van der Waals surface area contributed by atoms with E-state index in [4.69, 9.17) is 0 Å². The average molecular weight is 342 g/mol. The number of likely N-dealkylation sites (tertiary alicyclic amines) is 1. The molecule has 1 saturated heterocycles. The van der Waals surface area contributed by atoms with Gasteiger partial charge in [-0.2, -0.15) is 5.10 Å². The van der Waals surface area contributed by atoms with E-state index in [1.54, 1.807) is 12.3 Å². The molecule has 2 aliphatic carbocycles. The van der Waals surface area contributed by atoms with Gasteiger partial charge in [0.15, 0.2) is 0 Å². The van der Waals surface area contributed by atoms with Crippen LogP contribution in [-0.2, 0) is 14.4 Å². The highest BCUT2D eigenvalue weighted by Gasteiger charge is 2.47. The van der Waals surface area contributed by atoms with Crippen LogP contribution in [0, 0.1) is 11.8 Å². The lowest BCUT2D eigenvalue weighted by molar-refractivity contribution is -0.142. The van der Waals surface area contributed by atoms with E-state index in [1.807, 2.05) is 16.8 Å². The van der Waals surface area contributed by atoms with Gasteiger partial charge in [0.1, 0.15) is 12.4 Å². The molecule has 1 aliphatic heterocycles. The topological polar surface area (TPSA) is 84.3 Å². The lowest BCUT2D eigenvalue weighted by Crippen LogP contribution is -2.38. The van der Waals surface area contributed by atoms with Crippen LogP contribution in [0.3, 0.4) is 0 Å². The minimum Gasteiger partial charge on any atom is -0.309 e. The highest BCUT2D eigenvalue weighted by molar-refractivity contribution is 6.08. The first-order valence-corrected chi connectivity index (χ1v) is 8.98. The highest BCUT2D eigenvalue weighted by atomic mass is 16.2. The molecule has 2 atom stereocenters. The Kier molecular flexibility index (Phi) is 4.15. The van der Waals surface area contributed by atoms with Crippen molar-refractivity contribution in [1.29, 1.82) is 0 Å². The third-order valence-corrected chi connectivity index (χ3v) is 5.51. The van der Waals surface area contributed by atoms with Crippen molar-refractivity contribution in [1.82, 2.24) is 14.7 Å². The van der Waals surface area contributed by atoms with Crippen LogP contribution in [0.5, 0.6) is 0 Å². The number of nitrogens with zero attached hydrogens (tertiary/aromatic N) is 3. The molecule has 1 N–H and O–H groups in total. The number of anilines is 1. The number of carbonyl (C=O) groups is 3. The molecule has 7 nitrogen and oxygen atoms in total. The standard InChI is InChI=1S/C18H22N4O3/c23-16(20-15-9-10-19-22(15)12-5-1-2-6-12)11-21-17(24)13-7-3-4-8-14(13)18(21)25/h3-4,9-10,12-14H,1-2,5-8,11H2,(H,20,23)/t13-,14+. The second kappa shape index (κ2) is 6.46. The van der Waals surface area contributed by atoms with Gasteiger partial charge in [0.25, 0.3) is 0 Å². The van der Waals surface area contributed by atoms with Crippen LogP contribution in [0.4, 0.5) is 5.82 Å². The number of hydrogen-bond donors (Lipinski definition) is 1. The summed E-state index contributed by atoms with van der Waals surface area (Å²) >= 11 is 0. The van der Waals surface area contributed by atoms with Crippen molar-refractivity contribution in [2.45, 2.75) is 44.6 Å². The van der Waals surface area contributed by atoms with Crippen molar-refractivity contribution in [2.24, 2.45) is 11.8 Å². The molecule has 0 bridgehead atoms. The third-order valence-electron chi connectivity index (χ3n) is 5.51. The van der Waals surface area contributed by atoms with Crippen molar-refractivity contribution in [3.8, 4) is 0 Å². The Bertz CT molecular complexity index is 706. The van der Waals surface area contributed by atoms with Gasteiger partial charge in [0.2, 0.25) is 17.7 Å². The van der Waals surface area contributed by atoms with Gasteiger partial charge < -0.3 is 5.32 Å². The van der Waals surface area contributed by atoms with Gasteiger partial charge in [0.05, 0.1) is 24.1 Å². The molecule has 0 aromatic carbocycles. The molecule has 7 heteroatoms. The van der Waals surface area contributed by atoms with Crippen LogP contribution in [0.2, 0.25) is 0 Å². The van der Waals surface area contributed by atoms with Crippen LogP contribution in [0.1, 0.15) is 44.6 Å². The van der Waals surface area contributed by atoms with E-state index >= 15 is 0 Å². The Balaban J connectivity index is 1.42. The van der Waals surface area contributed by atoms with Crippen molar-refractivity contribution >= 4 is 23.5 Å². The van der Waals surface area contributed by atoms with Gasteiger partial charge in [-0.05, 0) is 25.7 Å². The zero-order valence-corrected chi connectivity index (χ0v) is 14.1. The van der Waals surface area contributed by atoms with Crippen LogP contribution in [0.15, 0.2) is 24.4 Å². The molecular weight excluding hydrogens is 320 g/mol. The Morgan fingerprint density at radius 2 is 1.76 bits per heavy atom. The van der Waals surface area contributed by atoms with Crippen molar-refractivity contribution in [3.63, 3.8) is 0 Å². The van der Waals surface area contributed by atoms with E-state index in [0.29, 0.717) is 24.7 Å². The molecule has 2 heterocycles. The second-order valence-corrected chi connectivity index (χ2v) is 7.07. The Morgan fingerprint density at radius 1 is 1.12 bits per heavy atom. The number of imide groups is 1. The molecule has 4 rings (SSSR count). The summed E-state index contributed by atoms with van der Waals surface area (Å²) in [5.41, 5.74) is 0. The predicted molar refractivity (Wildman–Crippen MR) is 90.4 cm³/mol. The maximum atomic E-state index is 12.4. The molecule has 0 radical (unpaired) electrons. The van der Waals surface area contributed by atoms with Crippen LogP contribution < -0.4 is 5.32 Å². The molecule has 3 amide bonds. The van der Waals surface area contributed by atoms with Gasteiger partial charge in [-0.15, -0.1) is 0 Å². The number of nitrogens with one attached hydrogen (secondary N) is 1. The maximum Gasteiger partial charge on any atom is 0.245 e. The second-order valence-electron chi connectivity index (χ2n) is 7.07. The third kappa shape index (κ3) is 2.88. The van der Waals surface area contributed by atoms with E-state index in [2.05, 4.69) is 10.4 Å². The molecule has 1 aromatic heterocycles. The van der Waals surface area contributed by atoms with E-state index < -0.39 is 0 Å². The molecule has 3 aliphatic rings. The van der Waals surface area contributed by atoms with Gasteiger partial charge in [-0.3, -0.25) is 19.3 Å². The van der Waals surface area contributed by atoms with Crippen LogP contribution >= 0.6 is 0 Å². The summed E-state index contributed by atoms with van der Waals surface area (Å²) in [5, 5.41) is 7.13. The molecule has 1 aromatic rings. The molecular formula is C18H22N4O3.